The molecule has 13 heteroatoms. The maximum Gasteiger partial charge on any atom is 0.490 e. The monoisotopic (exact) mass is 381 g/mol. The van der Waals surface area contributed by atoms with Crippen molar-refractivity contribution in [2.75, 3.05) is 27.2 Å². The van der Waals surface area contributed by atoms with E-state index in [1.54, 1.807) is 0 Å². The van der Waals surface area contributed by atoms with Crippen LogP contribution in [0.1, 0.15) is 12.8 Å². The number of rotatable bonds is 1. The predicted molar refractivity (Wildman–Crippen MR) is 71.5 cm³/mol. The molecule has 1 saturated heterocycles. The van der Waals surface area contributed by atoms with E-state index in [0.717, 1.165) is 25.9 Å². The Morgan fingerprint density at radius 3 is 1.40 bits per heavy atom. The number of aliphatic carboxylic acids is 2. The molecule has 0 aliphatic carbocycles. The van der Waals surface area contributed by atoms with Crippen molar-refractivity contribution in [3.8, 4) is 6.07 Å². The summed E-state index contributed by atoms with van der Waals surface area (Å²) in [5.41, 5.74) is -0.203. The maximum atomic E-state index is 10.6. The minimum Gasteiger partial charge on any atom is -0.475 e. The number of alkyl halides is 6. The van der Waals surface area contributed by atoms with Crippen molar-refractivity contribution in [2.45, 2.75) is 30.7 Å². The summed E-state index contributed by atoms with van der Waals surface area (Å²) in [5, 5.41) is 26.5. The molecule has 0 aromatic rings. The number of halogens is 6. The lowest BCUT2D eigenvalue weighted by molar-refractivity contribution is -0.193. The largest absolute Gasteiger partial charge is 0.490 e. The van der Waals surface area contributed by atoms with Crippen molar-refractivity contribution in [3.05, 3.63) is 0 Å². The summed E-state index contributed by atoms with van der Waals surface area (Å²) in [6, 6.07) is 2.40. The van der Waals surface area contributed by atoms with Gasteiger partial charge in [0.15, 0.2) is 0 Å². The molecule has 0 saturated carbocycles. The van der Waals surface area contributed by atoms with Gasteiger partial charge in [-0.1, -0.05) is 0 Å². The van der Waals surface area contributed by atoms with E-state index in [-0.39, 0.29) is 5.54 Å². The minimum atomic E-state index is -5.08. The van der Waals surface area contributed by atoms with Gasteiger partial charge >= 0.3 is 24.3 Å². The fraction of sp³-hybridized carbons (Fsp3) is 0.750. The first-order valence-electron chi connectivity index (χ1n) is 6.50. The van der Waals surface area contributed by atoms with Crippen LogP contribution in [0.3, 0.4) is 0 Å². The molecule has 1 aliphatic heterocycles. The van der Waals surface area contributed by atoms with Crippen LogP contribution in [0.15, 0.2) is 0 Å². The van der Waals surface area contributed by atoms with E-state index in [1.165, 1.54) is 0 Å². The van der Waals surface area contributed by atoms with Crippen LogP contribution < -0.4 is 5.32 Å². The van der Waals surface area contributed by atoms with E-state index in [0.29, 0.717) is 0 Å². The zero-order valence-electron chi connectivity index (χ0n) is 13.2. The van der Waals surface area contributed by atoms with Crippen LogP contribution in [-0.4, -0.2) is 72.1 Å². The van der Waals surface area contributed by atoms with Gasteiger partial charge in [0, 0.05) is 0 Å². The molecule has 1 aliphatic rings. The normalized spacial score (nSPS) is 16.5. The predicted octanol–water partition coefficient (Wildman–Crippen LogP) is 1.46. The Bertz CT molecular complexity index is 455. The minimum absolute atomic E-state index is 0.203. The highest BCUT2D eigenvalue weighted by atomic mass is 19.4. The maximum absolute atomic E-state index is 10.6. The van der Waals surface area contributed by atoms with Crippen LogP contribution in [-0.2, 0) is 9.59 Å². The standard InChI is InChI=1S/C8H15N3.2C2HF3O2/c1-11(2)8(7-9)3-5-10-6-4-8;2*3-2(4,5)1(6)7/h10H,3-6H2,1-2H3;2*(H,6,7). The smallest absolute Gasteiger partial charge is 0.475 e. The molecule has 0 atom stereocenters. The summed E-state index contributed by atoms with van der Waals surface area (Å²) in [6.07, 6.45) is -8.28. The van der Waals surface area contributed by atoms with Crippen LogP contribution in [0, 0.1) is 11.3 Å². The van der Waals surface area contributed by atoms with E-state index < -0.39 is 24.3 Å². The molecule has 1 fully saturated rings. The quantitative estimate of drug-likeness (QED) is 0.589. The van der Waals surface area contributed by atoms with E-state index in [9.17, 15) is 26.3 Å². The fourth-order valence-corrected chi connectivity index (χ4v) is 1.50. The fourth-order valence-electron chi connectivity index (χ4n) is 1.50. The first kappa shape index (κ1) is 25.2. The molecule has 0 amide bonds. The molecule has 0 radical (unpaired) electrons. The van der Waals surface area contributed by atoms with Gasteiger partial charge in [-0.3, -0.25) is 4.90 Å². The van der Waals surface area contributed by atoms with Gasteiger partial charge in [-0.15, -0.1) is 0 Å². The Labute approximate surface area is 138 Å². The highest BCUT2D eigenvalue weighted by molar-refractivity contribution is 5.73. The second-order valence-electron chi connectivity index (χ2n) is 4.89. The number of piperidine rings is 1. The summed E-state index contributed by atoms with van der Waals surface area (Å²) < 4.78 is 63.5. The summed E-state index contributed by atoms with van der Waals surface area (Å²) in [4.78, 5) is 19.8. The van der Waals surface area contributed by atoms with Gasteiger partial charge < -0.3 is 15.5 Å². The first-order valence-corrected chi connectivity index (χ1v) is 6.50. The second kappa shape index (κ2) is 10.0. The van der Waals surface area contributed by atoms with Gasteiger partial charge in [-0.05, 0) is 40.0 Å². The van der Waals surface area contributed by atoms with E-state index >= 15 is 0 Å². The lowest BCUT2D eigenvalue weighted by Gasteiger charge is -2.36. The van der Waals surface area contributed by atoms with Crippen molar-refractivity contribution in [1.82, 2.24) is 10.2 Å². The number of carboxylic acid groups (broad SMARTS) is 2. The molecule has 0 unspecified atom stereocenters. The van der Waals surface area contributed by atoms with Gasteiger partial charge in [0.05, 0.1) is 6.07 Å². The number of nitriles is 1. The van der Waals surface area contributed by atoms with Gasteiger partial charge in [0.2, 0.25) is 0 Å². The topological polar surface area (TPSA) is 114 Å². The SMILES string of the molecule is CN(C)C1(C#N)CCNCC1.O=C(O)C(F)(F)F.O=C(O)C(F)(F)F. The molecule has 0 aromatic heterocycles. The van der Waals surface area contributed by atoms with E-state index in [4.69, 9.17) is 25.1 Å². The third-order valence-corrected chi connectivity index (χ3v) is 2.98. The number of carboxylic acids is 2. The van der Waals surface area contributed by atoms with Crippen molar-refractivity contribution in [2.24, 2.45) is 0 Å². The number of hydrogen-bond donors (Lipinski definition) is 3. The summed E-state index contributed by atoms with van der Waals surface area (Å²) >= 11 is 0. The van der Waals surface area contributed by atoms with Crippen molar-refractivity contribution in [3.63, 3.8) is 0 Å². The number of carbonyl (C=O) groups is 2. The molecule has 3 N–H and O–H groups in total. The highest BCUT2D eigenvalue weighted by Gasteiger charge is 2.39. The lowest BCUT2D eigenvalue weighted by atomic mass is 9.89. The van der Waals surface area contributed by atoms with E-state index in [2.05, 4.69) is 11.4 Å². The third kappa shape index (κ3) is 10.4. The Morgan fingerprint density at radius 1 is 1.00 bits per heavy atom. The molecule has 146 valence electrons. The molecule has 0 aromatic carbocycles. The van der Waals surface area contributed by atoms with Gasteiger partial charge in [0.1, 0.15) is 5.54 Å². The molecule has 25 heavy (non-hydrogen) atoms. The summed E-state index contributed by atoms with van der Waals surface area (Å²) in [5.74, 6) is -5.51. The third-order valence-electron chi connectivity index (χ3n) is 2.98. The summed E-state index contributed by atoms with van der Waals surface area (Å²) in [6.45, 7) is 1.93. The zero-order chi connectivity index (χ0) is 20.5. The Morgan fingerprint density at radius 2 is 1.28 bits per heavy atom. The summed E-state index contributed by atoms with van der Waals surface area (Å²) in [7, 11) is 3.96. The number of hydrogen-bond acceptors (Lipinski definition) is 5. The van der Waals surface area contributed by atoms with Crippen LogP contribution in [0.2, 0.25) is 0 Å². The van der Waals surface area contributed by atoms with Gasteiger partial charge in [-0.2, -0.15) is 31.6 Å². The van der Waals surface area contributed by atoms with Gasteiger partial charge in [0.25, 0.3) is 0 Å². The number of nitrogens with zero attached hydrogens (tertiary/aromatic N) is 2. The molecule has 1 heterocycles. The zero-order valence-corrected chi connectivity index (χ0v) is 13.2. The molecule has 7 nitrogen and oxygen atoms in total. The van der Waals surface area contributed by atoms with Crippen LogP contribution in [0.4, 0.5) is 26.3 Å². The van der Waals surface area contributed by atoms with Crippen molar-refractivity contribution >= 4 is 11.9 Å². The number of nitrogens with one attached hydrogen (secondary N) is 1. The van der Waals surface area contributed by atoms with E-state index in [1.807, 2.05) is 19.0 Å². The second-order valence-corrected chi connectivity index (χ2v) is 4.89. The van der Waals surface area contributed by atoms with Crippen LogP contribution in [0.25, 0.3) is 0 Å². The molecular formula is C12H17F6N3O4. The Balaban J connectivity index is 0. The van der Waals surface area contributed by atoms with Crippen LogP contribution >= 0.6 is 0 Å². The van der Waals surface area contributed by atoms with Crippen molar-refractivity contribution < 1.29 is 46.1 Å². The van der Waals surface area contributed by atoms with Gasteiger partial charge in [-0.25, -0.2) is 9.59 Å². The van der Waals surface area contributed by atoms with Crippen molar-refractivity contribution in [1.29, 1.82) is 5.26 Å². The molecule has 0 bridgehead atoms. The molecular weight excluding hydrogens is 364 g/mol. The first-order chi connectivity index (χ1) is 11.1. The average molecular weight is 381 g/mol. The lowest BCUT2D eigenvalue weighted by Crippen LogP contribution is -2.50. The molecule has 0 spiro atoms. The Hall–Kier alpha value is -2.07. The van der Waals surface area contributed by atoms with Crippen LogP contribution in [0.5, 0.6) is 0 Å². The molecule has 1 rings (SSSR count). The highest BCUT2D eigenvalue weighted by Crippen LogP contribution is 2.22. The Kier molecular flexibility index (Phi) is 10.1. The average Bonchev–Trinajstić information content (AvgIpc) is 2.47.